The predicted octanol–water partition coefficient (Wildman–Crippen LogP) is 7.07. The van der Waals surface area contributed by atoms with E-state index in [0.717, 1.165) is 82.6 Å². The monoisotopic (exact) mass is 448 g/mol. The fourth-order valence-electron chi connectivity index (χ4n) is 3.97. The first-order chi connectivity index (χ1) is 15.5. The molecule has 0 saturated heterocycles. The number of carbonyl (C=O) groups is 2. The van der Waals surface area contributed by atoms with Gasteiger partial charge in [0.25, 0.3) is 0 Å². The van der Waals surface area contributed by atoms with Crippen molar-refractivity contribution in [1.29, 1.82) is 0 Å². The lowest BCUT2D eigenvalue weighted by atomic mass is 9.99. The zero-order valence-corrected chi connectivity index (χ0v) is 20.2. The molecule has 5 heteroatoms. The van der Waals surface area contributed by atoms with E-state index in [1.165, 1.54) is 13.3 Å². The Labute approximate surface area is 194 Å². The highest BCUT2D eigenvalue weighted by Gasteiger charge is 2.24. The summed E-state index contributed by atoms with van der Waals surface area (Å²) in [5, 5.41) is 8.66. The van der Waals surface area contributed by atoms with Gasteiger partial charge in [-0.25, -0.2) is 0 Å². The lowest BCUT2D eigenvalue weighted by Crippen LogP contribution is -2.33. The molecule has 0 saturated carbocycles. The molecule has 1 aromatic carbocycles. The molecular formula is C27H44O5. The number of ether oxygens (including phenoxy) is 2. The van der Waals surface area contributed by atoms with Gasteiger partial charge in [-0.1, -0.05) is 95.0 Å². The average molecular weight is 449 g/mol. The Balaban J connectivity index is 2.41. The van der Waals surface area contributed by atoms with Crippen LogP contribution in [-0.4, -0.2) is 29.3 Å². The summed E-state index contributed by atoms with van der Waals surface area (Å²) in [6.07, 6.45) is 13.7. The average Bonchev–Trinajstić information content (AvgIpc) is 2.77. The van der Waals surface area contributed by atoms with Crippen molar-refractivity contribution in [1.82, 2.24) is 0 Å². The maximum absolute atomic E-state index is 11.8. The number of hydrogen-bond donors (Lipinski definition) is 1. The van der Waals surface area contributed by atoms with Gasteiger partial charge < -0.3 is 14.6 Å². The number of aliphatic carboxylic acids is 1. The van der Waals surface area contributed by atoms with Gasteiger partial charge in [0.05, 0.1) is 12.7 Å². The molecule has 0 heterocycles. The molecule has 0 aliphatic carbocycles. The van der Waals surface area contributed by atoms with Crippen LogP contribution in [0.2, 0.25) is 0 Å². The zero-order valence-electron chi connectivity index (χ0n) is 20.2. The van der Waals surface area contributed by atoms with Crippen LogP contribution in [-0.2, 0) is 25.7 Å². The molecule has 2 atom stereocenters. The van der Waals surface area contributed by atoms with Crippen molar-refractivity contribution in [2.24, 2.45) is 0 Å². The van der Waals surface area contributed by atoms with Crippen LogP contribution in [0, 0.1) is 0 Å². The fraction of sp³-hybridized carbons (Fsp3) is 0.704. The SMILES string of the molecule is CCCCCC(OCc1ccccc1)C(CCCCCCCCCCC(=O)O)OC(C)=O. The molecule has 0 radical (unpaired) electrons. The number of rotatable bonds is 20. The molecule has 1 N–H and O–H groups in total. The predicted molar refractivity (Wildman–Crippen MR) is 129 cm³/mol. The molecule has 0 bridgehead atoms. The number of carbonyl (C=O) groups excluding carboxylic acids is 1. The van der Waals surface area contributed by atoms with Gasteiger partial charge in [-0.2, -0.15) is 0 Å². The van der Waals surface area contributed by atoms with Gasteiger partial charge in [-0.05, 0) is 31.2 Å². The van der Waals surface area contributed by atoms with Crippen molar-refractivity contribution < 1.29 is 24.2 Å². The number of benzene rings is 1. The highest BCUT2D eigenvalue weighted by atomic mass is 16.6. The van der Waals surface area contributed by atoms with Gasteiger partial charge in [0.1, 0.15) is 6.10 Å². The summed E-state index contributed by atoms with van der Waals surface area (Å²) in [5.41, 5.74) is 1.14. The van der Waals surface area contributed by atoms with E-state index in [9.17, 15) is 9.59 Å². The van der Waals surface area contributed by atoms with Gasteiger partial charge in [0, 0.05) is 13.3 Å². The van der Waals surface area contributed by atoms with Crippen molar-refractivity contribution in [2.75, 3.05) is 0 Å². The molecule has 0 aliphatic heterocycles. The van der Waals surface area contributed by atoms with Crippen molar-refractivity contribution in [3.63, 3.8) is 0 Å². The van der Waals surface area contributed by atoms with Crippen LogP contribution in [0.5, 0.6) is 0 Å². The normalized spacial score (nSPS) is 12.9. The van der Waals surface area contributed by atoms with Crippen molar-refractivity contribution in [3.8, 4) is 0 Å². The van der Waals surface area contributed by atoms with Gasteiger partial charge in [0.2, 0.25) is 0 Å². The van der Waals surface area contributed by atoms with E-state index >= 15 is 0 Å². The summed E-state index contributed by atoms with van der Waals surface area (Å²) in [7, 11) is 0. The zero-order chi connectivity index (χ0) is 23.4. The van der Waals surface area contributed by atoms with Crippen LogP contribution < -0.4 is 0 Å². The van der Waals surface area contributed by atoms with Crippen molar-refractivity contribution in [2.45, 2.75) is 123 Å². The minimum Gasteiger partial charge on any atom is -0.481 e. The third kappa shape index (κ3) is 15.0. The molecule has 0 spiro atoms. The number of unbranched alkanes of at least 4 members (excludes halogenated alkanes) is 9. The van der Waals surface area contributed by atoms with E-state index in [1.807, 2.05) is 18.2 Å². The van der Waals surface area contributed by atoms with Crippen molar-refractivity contribution in [3.05, 3.63) is 35.9 Å². The van der Waals surface area contributed by atoms with E-state index in [1.54, 1.807) is 0 Å². The smallest absolute Gasteiger partial charge is 0.303 e. The summed E-state index contributed by atoms with van der Waals surface area (Å²) in [6, 6.07) is 10.2. The van der Waals surface area contributed by atoms with Crippen LogP contribution in [0.25, 0.3) is 0 Å². The van der Waals surface area contributed by atoms with E-state index in [0.29, 0.717) is 6.61 Å². The minimum absolute atomic E-state index is 0.0695. The van der Waals surface area contributed by atoms with Crippen molar-refractivity contribution >= 4 is 11.9 Å². The van der Waals surface area contributed by atoms with Crippen LogP contribution in [0.1, 0.15) is 109 Å². The maximum atomic E-state index is 11.8. The molecule has 32 heavy (non-hydrogen) atoms. The van der Waals surface area contributed by atoms with Crippen LogP contribution in [0.3, 0.4) is 0 Å². The Bertz CT molecular complexity index is 601. The van der Waals surface area contributed by atoms with E-state index in [4.69, 9.17) is 14.6 Å². The summed E-state index contributed by atoms with van der Waals surface area (Å²) in [6.45, 7) is 4.21. The second kappa shape index (κ2) is 18.7. The summed E-state index contributed by atoms with van der Waals surface area (Å²) >= 11 is 0. The largest absolute Gasteiger partial charge is 0.481 e. The van der Waals surface area contributed by atoms with Gasteiger partial charge in [-0.15, -0.1) is 0 Å². The molecule has 0 fully saturated rings. The van der Waals surface area contributed by atoms with Gasteiger partial charge in [-0.3, -0.25) is 9.59 Å². The Morgan fingerprint density at radius 3 is 1.97 bits per heavy atom. The highest BCUT2D eigenvalue weighted by Crippen LogP contribution is 2.21. The first kappa shape index (κ1) is 28.2. The standard InChI is InChI=1S/C27H44O5/c1-3-4-12-19-25(31-22-24-17-13-11-14-18-24)26(32-23(2)28)20-15-9-7-5-6-8-10-16-21-27(29)30/h11,13-14,17-18,25-26H,3-10,12,15-16,19-22H2,1-2H3,(H,29,30). The van der Waals surface area contributed by atoms with Crippen LogP contribution in [0.4, 0.5) is 0 Å². The van der Waals surface area contributed by atoms with E-state index in [2.05, 4.69) is 19.1 Å². The summed E-state index contributed by atoms with van der Waals surface area (Å²) < 4.78 is 12.0. The molecular weight excluding hydrogens is 404 g/mol. The summed E-state index contributed by atoms with van der Waals surface area (Å²) in [4.78, 5) is 22.3. The molecule has 5 nitrogen and oxygen atoms in total. The molecule has 182 valence electrons. The minimum atomic E-state index is -0.701. The quantitative estimate of drug-likeness (QED) is 0.171. The molecule has 2 unspecified atom stereocenters. The number of esters is 1. The highest BCUT2D eigenvalue weighted by molar-refractivity contribution is 5.66. The van der Waals surface area contributed by atoms with Gasteiger partial charge in [0.15, 0.2) is 0 Å². The first-order valence-electron chi connectivity index (χ1n) is 12.6. The third-order valence-electron chi connectivity index (χ3n) is 5.76. The Morgan fingerprint density at radius 1 is 0.812 bits per heavy atom. The first-order valence-corrected chi connectivity index (χ1v) is 12.6. The van der Waals surface area contributed by atoms with E-state index < -0.39 is 5.97 Å². The Kier molecular flexibility index (Phi) is 16.4. The van der Waals surface area contributed by atoms with Crippen LogP contribution >= 0.6 is 0 Å². The molecule has 1 aromatic rings. The number of carboxylic acid groups (broad SMARTS) is 1. The second-order valence-electron chi connectivity index (χ2n) is 8.74. The lowest BCUT2D eigenvalue weighted by molar-refractivity contribution is -0.157. The third-order valence-corrected chi connectivity index (χ3v) is 5.76. The lowest BCUT2D eigenvalue weighted by Gasteiger charge is -2.27. The Morgan fingerprint density at radius 2 is 1.38 bits per heavy atom. The second-order valence-corrected chi connectivity index (χ2v) is 8.74. The summed E-state index contributed by atoms with van der Waals surface area (Å²) in [5.74, 6) is -0.937. The Hall–Kier alpha value is -1.88. The molecule has 0 amide bonds. The fourth-order valence-corrected chi connectivity index (χ4v) is 3.97. The van der Waals surface area contributed by atoms with Crippen LogP contribution in [0.15, 0.2) is 30.3 Å². The van der Waals surface area contributed by atoms with E-state index in [-0.39, 0.29) is 24.6 Å². The molecule has 1 rings (SSSR count). The maximum Gasteiger partial charge on any atom is 0.303 e. The molecule has 0 aromatic heterocycles. The van der Waals surface area contributed by atoms with Gasteiger partial charge >= 0.3 is 11.9 Å². The topological polar surface area (TPSA) is 72.8 Å². The molecule has 0 aliphatic rings. The number of carboxylic acids is 1. The number of hydrogen-bond acceptors (Lipinski definition) is 4.